The summed E-state index contributed by atoms with van der Waals surface area (Å²) >= 11 is 0. The number of ether oxygens (including phenoxy) is 2. The third-order valence-corrected chi connectivity index (χ3v) is 4.10. The summed E-state index contributed by atoms with van der Waals surface area (Å²) in [6.45, 7) is 5.30. The first-order chi connectivity index (χ1) is 14.3. The molecule has 0 unspecified atom stereocenters. The number of rotatable bonds is 6. The Balaban J connectivity index is 1.51. The molecule has 1 heterocycles. The Hall–Kier alpha value is -3.81. The fourth-order valence-electron chi connectivity index (χ4n) is 2.74. The second kappa shape index (κ2) is 9.13. The lowest BCUT2D eigenvalue weighted by atomic mass is 10.1. The largest absolute Gasteiger partial charge is 0.491 e. The van der Waals surface area contributed by atoms with E-state index < -0.39 is 17.4 Å². The fraction of sp³-hybridized carbons (Fsp3) is 0.227. The summed E-state index contributed by atoms with van der Waals surface area (Å²) < 4.78 is 16.1. The average Bonchev–Trinajstić information content (AvgIpc) is 2.70. The van der Waals surface area contributed by atoms with Gasteiger partial charge in [-0.3, -0.25) is 20.4 Å². The molecule has 0 aliphatic heterocycles. The summed E-state index contributed by atoms with van der Waals surface area (Å²) in [7, 11) is 0. The van der Waals surface area contributed by atoms with E-state index in [9.17, 15) is 14.4 Å². The van der Waals surface area contributed by atoms with Crippen LogP contribution < -0.4 is 26.0 Å². The Labute approximate surface area is 172 Å². The molecule has 0 saturated heterocycles. The minimum Gasteiger partial charge on any atom is -0.491 e. The Morgan fingerprint density at radius 3 is 2.40 bits per heavy atom. The second-order valence-corrected chi connectivity index (χ2v) is 6.89. The smallest absolute Gasteiger partial charge is 0.336 e. The van der Waals surface area contributed by atoms with Gasteiger partial charge in [0.2, 0.25) is 0 Å². The van der Waals surface area contributed by atoms with Crippen LogP contribution in [0.3, 0.4) is 0 Å². The quantitative estimate of drug-likeness (QED) is 0.478. The van der Waals surface area contributed by atoms with Crippen LogP contribution in [-0.2, 0) is 4.79 Å². The van der Waals surface area contributed by atoms with E-state index in [1.807, 2.05) is 13.8 Å². The van der Waals surface area contributed by atoms with Crippen LogP contribution in [0.25, 0.3) is 11.0 Å². The molecule has 2 amide bonds. The molecule has 3 aromatic rings. The maximum atomic E-state index is 12.1. The van der Waals surface area contributed by atoms with E-state index in [-0.39, 0.29) is 12.7 Å². The van der Waals surface area contributed by atoms with Gasteiger partial charge in [0.1, 0.15) is 17.1 Å². The maximum absolute atomic E-state index is 12.1. The number of hydrogen-bond donors (Lipinski definition) is 2. The third-order valence-electron chi connectivity index (χ3n) is 4.10. The zero-order valence-corrected chi connectivity index (χ0v) is 16.9. The van der Waals surface area contributed by atoms with Gasteiger partial charge in [0.05, 0.1) is 6.10 Å². The van der Waals surface area contributed by atoms with Crippen molar-refractivity contribution in [2.45, 2.75) is 26.9 Å². The minimum absolute atomic E-state index is 0.0339. The molecule has 8 nitrogen and oxygen atoms in total. The molecule has 1 aromatic heterocycles. The zero-order chi connectivity index (χ0) is 21.7. The standard InChI is InChI=1S/C22H22N2O6/c1-13(2)29-16-6-4-15(5-7-16)22(27)24-23-20(25)12-28-17-8-9-18-14(3)10-21(26)30-19(18)11-17/h4-11,13H,12H2,1-3H3,(H,23,25)(H,24,27). The lowest BCUT2D eigenvalue weighted by Gasteiger charge is -2.11. The first-order valence-corrected chi connectivity index (χ1v) is 9.35. The number of carbonyl (C=O) groups excluding carboxylic acids is 2. The van der Waals surface area contributed by atoms with Gasteiger partial charge in [0, 0.05) is 23.1 Å². The highest BCUT2D eigenvalue weighted by molar-refractivity contribution is 5.95. The summed E-state index contributed by atoms with van der Waals surface area (Å²) in [6.07, 6.45) is 0.0339. The highest BCUT2D eigenvalue weighted by atomic mass is 16.5. The molecule has 0 bridgehead atoms. The van der Waals surface area contributed by atoms with E-state index >= 15 is 0 Å². The van der Waals surface area contributed by atoms with Gasteiger partial charge in [-0.25, -0.2) is 4.79 Å². The zero-order valence-electron chi connectivity index (χ0n) is 16.9. The number of benzene rings is 2. The van der Waals surface area contributed by atoms with Crippen molar-refractivity contribution in [2.75, 3.05) is 6.61 Å². The van der Waals surface area contributed by atoms with Gasteiger partial charge in [-0.2, -0.15) is 0 Å². The molecule has 0 aliphatic rings. The predicted octanol–water partition coefficient (Wildman–Crippen LogP) is 2.73. The Kier molecular flexibility index (Phi) is 6.36. The Morgan fingerprint density at radius 1 is 1.00 bits per heavy atom. The highest BCUT2D eigenvalue weighted by Crippen LogP contribution is 2.22. The number of hydrogen-bond acceptors (Lipinski definition) is 6. The van der Waals surface area contributed by atoms with E-state index in [0.717, 1.165) is 10.9 Å². The summed E-state index contributed by atoms with van der Waals surface area (Å²) in [6, 6.07) is 12.9. The van der Waals surface area contributed by atoms with Crippen LogP contribution in [0, 0.1) is 6.92 Å². The van der Waals surface area contributed by atoms with Crippen LogP contribution in [0.15, 0.2) is 57.7 Å². The number of hydrazine groups is 1. The van der Waals surface area contributed by atoms with Crippen molar-refractivity contribution in [2.24, 2.45) is 0 Å². The summed E-state index contributed by atoms with van der Waals surface area (Å²) in [5.41, 5.74) is 5.68. The molecule has 0 atom stereocenters. The molecular formula is C22H22N2O6. The summed E-state index contributed by atoms with van der Waals surface area (Å²) in [5, 5.41) is 0.781. The van der Waals surface area contributed by atoms with Crippen LogP contribution in [0.1, 0.15) is 29.8 Å². The van der Waals surface area contributed by atoms with Crippen LogP contribution in [0.4, 0.5) is 0 Å². The number of aryl methyl sites for hydroxylation is 1. The lowest BCUT2D eigenvalue weighted by Crippen LogP contribution is -2.43. The average molecular weight is 410 g/mol. The molecule has 0 spiro atoms. The van der Waals surface area contributed by atoms with Crippen molar-refractivity contribution in [1.29, 1.82) is 0 Å². The van der Waals surface area contributed by atoms with Crippen molar-refractivity contribution in [3.05, 3.63) is 70.1 Å². The number of carbonyl (C=O) groups is 2. The number of amides is 2. The van der Waals surface area contributed by atoms with Crippen molar-refractivity contribution in [3.63, 3.8) is 0 Å². The van der Waals surface area contributed by atoms with Crippen LogP contribution in [0.5, 0.6) is 11.5 Å². The normalized spacial score (nSPS) is 10.7. The number of nitrogens with one attached hydrogen (secondary N) is 2. The molecule has 0 saturated carbocycles. The van der Waals surface area contributed by atoms with E-state index in [1.54, 1.807) is 43.3 Å². The van der Waals surface area contributed by atoms with Crippen LogP contribution in [-0.4, -0.2) is 24.5 Å². The molecule has 3 rings (SSSR count). The van der Waals surface area contributed by atoms with Gasteiger partial charge in [0.15, 0.2) is 6.61 Å². The third kappa shape index (κ3) is 5.38. The molecule has 30 heavy (non-hydrogen) atoms. The van der Waals surface area contributed by atoms with E-state index in [1.165, 1.54) is 12.1 Å². The van der Waals surface area contributed by atoms with Gasteiger partial charge in [-0.1, -0.05) is 0 Å². The first kappa shape index (κ1) is 20.9. The monoisotopic (exact) mass is 410 g/mol. The molecule has 0 aliphatic carbocycles. The lowest BCUT2D eigenvalue weighted by molar-refractivity contribution is -0.123. The van der Waals surface area contributed by atoms with Crippen molar-refractivity contribution >= 4 is 22.8 Å². The molecule has 0 radical (unpaired) electrons. The Morgan fingerprint density at radius 2 is 1.70 bits per heavy atom. The van der Waals surface area contributed by atoms with E-state index in [2.05, 4.69) is 10.9 Å². The van der Waals surface area contributed by atoms with Crippen molar-refractivity contribution in [1.82, 2.24) is 10.9 Å². The predicted molar refractivity (Wildman–Crippen MR) is 111 cm³/mol. The van der Waals surface area contributed by atoms with E-state index in [0.29, 0.717) is 22.6 Å². The molecule has 156 valence electrons. The maximum Gasteiger partial charge on any atom is 0.336 e. The first-order valence-electron chi connectivity index (χ1n) is 9.35. The summed E-state index contributed by atoms with van der Waals surface area (Å²) in [4.78, 5) is 35.6. The molecule has 0 fully saturated rings. The van der Waals surface area contributed by atoms with Gasteiger partial charge >= 0.3 is 5.63 Å². The van der Waals surface area contributed by atoms with Crippen molar-refractivity contribution in [3.8, 4) is 11.5 Å². The van der Waals surface area contributed by atoms with Gasteiger partial charge in [-0.05, 0) is 62.7 Å². The number of fused-ring (bicyclic) bond motifs is 1. The Bertz CT molecular complexity index is 1120. The molecule has 8 heteroatoms. The van der Waals surface area contributed by atoms with Crippen LogP contribution in [0.2, 0.25) is 0 Å². The molecule has 2 N–H and O–H groups in total. The van der Waals surface area contributed by atoms with Gasteiger partial charge in [0.25, 0.3) is 11.8 Å². The molecule has 2 aromatic carbocycles. The van der Waals surface area contributed by atoms with E-state index in [4.69, 9.17) is 13.9 Å². The van der Waals surface area contributed by atoms with Crippen LogP contribution >= 0.6 is 0 Å². The molecular weight excluding hydrogens is 388 g/mol. The minimum atomic E-state index is -0.547. The van der Waals surface area contributed by atoms with Gasteiger partial charge in [-0.15, -0.1) is 0 Å². The fourth-order valence-corrected chi connectivity index (χ4v) is 2.74. The SMILES string of the molecule is Cc1cc(=O)oc2cc(OCC(=O)NNC(=O)c3ccc(OC(C)C)cc3)ccc12. The highest BCUT2D eigenvalue weighted by Gasteiger charge is 2.10. The van der Waals surface area contributed by atoms with Crippen molar-refractivity contribution < 1.29 is 23.5 Å². The summed E-state index contributed by atoms with van der Waals surface area (Å²) in [5.74, 6) is -0.00447. The van der Waals surface area contributed by atoms with Gasteiger partial charge < -0.3 is 13.9 Å². The topological polar surface area (TPSA) is 107 Å². The second-order valence-electron chi connectivity index (χ2n) is 6.89.